The minimum atomic E-state index is -0.452. The highest BCUT2D eigenvalue weighted by atomic mass is 16.3. The van der Waals surface area contributed by atoms with E-state index in [1.54, 1.807) is 0 Å². The molecule has 0 radical (unpaired) electrons. The van der Waals surface area contributed by atoms with Crippen molar-refractivity contribution >= 4 is 44.4 Å². The second-order valence-corrected chi connectivity index (χ2v) is 13.4. The van der Waals surface area contributed by atoms with Crippen LogP contribution in [-0.4, -0.2) is 11.7 Å². The summed E-state index contributed by atoms with van der Waals surface area (Å²) in [6.45, 7) is 0. The van der Waals surface area contributed by atoms with Crippen molar-refractivity contribution in [2.24, 2.45) is 9.98 Å². The molecule has 53 heavy (non-hydrogen) atoms. The molecular weight excluding hydrogens is 647 g/mol. The average Bonchev–Trinajstić information content (AvgIpc) is 3.63. The minimum absolute atomic E-state index is 0.452. The fourth-order valence-electron chi connectivity index (χ4n) is 7.50. The molecule has 0 spiro atoms. The van der Waals surface area contributed by atoms with Crippen LogP contribution in [0.25, 0.3) is 66.1 Å². The first kappa shape index (κ1) is 30.8. The van der Waals surface area contributed by atoms with Crippen LogP contribution in [0.3, 0.4) is 0 Å². The molecule has 0 fully saturated rings. The largest absolute Gasteiger partial charge is 0.456 e. The quantitative estimate of drug-likeness (QED) is 0.190. The monoisotopic (exact) mass is 679 g/mol. The summed E-state index contributed by atoms with van der Waals surface area (Å²) in [5.74, 6) is 1.45. The highest BCUT2D eigenvalue weighted by molar-refractivity contribution is 6.14. The Labute approximate surface area is 307 Å². The number of hydrogen-bond donors (Lipinski definition) is 1. The molecule has 0 amide bonds. The van der Waals surface area contributed by atoms with Gasteiger partial charge >= 0.3 is 0 Å². The third-order valence-corrected chi connectivity index (χ3v) is 10.2. The average molecular weight is 680 g/mol. The van der Waals surface area contributed by atoms with Crippen molar-refractivity contribution in [1.82, 2.24) is 5.32 Å². The number of aliphatic imine (C=N–C) groups is 2. The van der Waals surface area contributed by atoms with E-state index in [0.717, 1.165) is 61.2 Å². The van der Waals surface area contributed by atoms with E-state index < -0.39 is 6.17 Å². The topological polar surface area (TPSA) is 49.9 Å². The number of furan rings is 1. The van der Waals surface area contributed by atoms with Gasteiger partial charge in [0.1, 0.15) is 23.2 Å². The summed E-state index contributed by atoms with van der Waals surface area (Å²) < 4.78 is 6.46. The maximum absolute atomic E-state index is 6.46. The molecule has 4 heteroatoms. The molecule has 0 aliphatic carbocycles. The lowest BCUT2D eigenvalue weighted by atomic mass is 9.91. The van der Waals surface area contributed by atoms with E-state index in [1.165, 1.54) is 27.5 Å². The molecule has 0 saturated heterocycles. The van der Waals surface area contributed by atoms with Crippen molar-refractivity contribution < 1.29 is 4.42 Å². The van der Waals surface area contributed by atoms with Crippen LogP contribution in [-0.2, 0) is 0 Å². The predicted molar refractivity (Wildman–Crippen MR) is 219 cm³/mol. The number of fused-ring (bicyclic) bond motifs is 4. The van der Waals surface area contributed by atoms with Gasteiger partial charge < -0.3 is 9.73 Å². The summed E-state index contributed by atoms with van der Waals surface area (Å²) in [7, 11) is 0. The van der Waals surface area contributed by atoms with E-state index in [1.807, 2.05) is 36.4 Å². The van der Waals surface area contributed by atoms with Crippen LogP contribution in [0.5, 0.6) is 0 Å². The van der Waals surface area contributed by atoms with E-state index in [0.29, 0.717) is 5.84 Å². The molecule has 0 saturated carbocycles. The van der Waals surface area contributed by atoms with Gasteiger partial charge in [-0.25, -0.2) is 9.98 Å². The molecule has 1 aliphatic rings. The van der Waals surface area contributed by atoms with Gasteiger partial charge in [-0.05, 0) is 62.4 Å². The van der Waals surface area contributed by atoms with Crippen molar-refractivity contribution in [3.8, 4) is 33.4 Å². The van der Waals surface area contributed by atoms with Gasteiger partial charge in [0.05, 0.1) is 0 Å². The molecule has 1 N–H and O–H groups in total. The second kappa shape index (κ2) is 12.9. The molecule has 8 aromatic carbocycles. The molecule has 1 aromatic heterocycles. The Balaban J connectivity index is 1.13. The van der Waals surface area contributed by atoms with E-state index in [-0.39, 0.29) is 0 Å². The summed E-state index contributed by atoms with van der Waals surface area (Å²) in [5.41, 5.74) is 11.5. The Bertz CT molecular complexity index is 2830. The molecule has 250 valence electrons. The highest BCUT2D eigenvalue weighted by Gasteiger charge is 2.27. The standard InChI is InChI=1S/C49H33N3O/c1-3-11-32(12-4-1)34-21-26-38(27-22-34)48-50-47(37-14-5-2-6-15-37)51-49(52-48)46-41(29-30-44-45(46)42-17-9-10-18-43(42)53-44)36-24-19-35(20-25-36)40-28-23-33-13-7-8-16-39(33)31-40/h1-31,49H,(H,50,51,52). The zero-order valence-electron chi connectivity index (χ0n) is 28.8. The Hall–Kier alpha value is -7.04. The van der Waals surface area contributed by atoms with Crippen LogP contribution < -0.4 is 5.32 Å². The number of benzene rings is 8. The van der Waals surface area contributed by atoms with Crippen LogP contribution in [0.4, 0.5) is 0 Å². The Morgan fingerprint density at radius 2 is 1.02 bits per heavy atom. The molecule has 10 rings (SSSR count). The molecule has 1 atom stereocenters. The van der Waals surface area contributed by atoms with Gasteiger partial charge in [-0.1, -0.05) is 170 Å². The third-order valence-electron chi connectivity index (χ3n) is 10.2. The van der Waals surface area contributed by atoms with Crippen molar-refractivity contribution in [2.45, 2.75) is 6.17 Å². The van der Waals surface area contributed by atoms with E-state index in [9.17, 15) is 0 Å². The van der Waals surface area contributed by atoms with Crippen molar-refractivity contribution in [1.29, 1.82) is 0 Å². The highest BCUT2D eigenvalue weighted by Crippen LogP contribution is 2.42. The smallest absolute Gasteiger partial charge is 0.159 e. The lowest BCUT2D eigenvalue weighted by Crippen LogP contribution is -2.34. The molecule has 1 aliphatic heterocycles. The molecule has 0 bridgehead atoms. The summed E-state index contributed by atoms with van der Waals surface area (Å²) in [6.07, 6.45) is -0.452. The number of hydrogen-bond acceptors (Lipinski definition) is 4. The van der Waals surface area contributed by atoms with E-state index in [2.05, 4.69) is 157 Å². The summed E-state index contributed by atoms with van der Waals surface area (Å²) in [4.78, 5) is 10.5. The fourth-order valence-corrected chi connectivity index (χ4v) is 7.50. The van der Waals surface area contributed by atoms with Crippen LogP contribution in [0.15, 0.2) is 202 Å². The molecule has 2 heterocycles. The zero-order chi connectivity index (χ0) is 35.1. The van der Waals surface area contributed by atoms with Gasteiger partial charge in [-0.2, -0.15) is 0 Å². The van der Waals surface area contributed by atoms with Crippen LogP contribution in [0, 0.1) is 0 Å². The fraction of sp³-hybridized carbons (Fsp3) is 0.0204. The van der Waals surface area contributed by atoms with Crippen molar-refractivity contribution in [2.75, 3.05) is 0 Å². The van der Waals surface area contributed by atoms with Crippen molar-refractivity contribution in [3.63, 3.8) is 0 Å². The number of para-hydroxylation sites is 1. The normalized spacial score (nSPS) is 14.2. The zero-order valence-corrected chi connectivity index (χ0v) is 28.8. The van der Waals surface area contributed by atoms with Gasteiger partial charge in [0.2, 0.25) is 0 Å². The van der Waals surface area contributed by atoms with Crippen molar-refractivity contribution in [3.05, 3.63) is 205 Å². The minimum Gasteiger partial charge on any atom is -0.456 e. The van der Waals surface area contributed by atoms with Crippen LogP contribution >= 0.6 is 0 Å². The Morgan fingerprint density at radius 3 is 1.79 bits per heavy atom. The van der Waals surface area contributed by atoms with Gasteiger partial charge in [-0.15, -0.1) is 0 Å². The lowest BCUT2D eigenvalue weighted by molar-refractivity contribution is 0.663. The number of nitrogens with zero attached hydrogens (tertiary/aromatic N) is 2. The maximum Gasteiger partial charge on any atom is 0.159 e. The SMILES string of the molecule is c1ccc(C2=NC(c3ccc(-c4ccccc4)cc3)=NC(c3c(-c4ccc(-c5ccc6ccccc6c5)cc4)ccc4oc5ccccc5c34)N2)cc1. The van der Waals surface area contributed by atoms with Crippen LogP contribution in [0.2, 0.25) is 0 Å². The number of rotatable bonds is 6. The first-order valence-corrected chi connectivity index (χ1v) is 17.9. The van der Waals surface area contributed by atoms with E-state index >= 15 is 0 Å². The molecular formula is C49H33N3O. The number of amidine groups is 2. The Kier molecular flexibility index (Phi) is 7.51. The molecule has 1 unspecified atom stereocenters. The van der Waals surface area contributed by atoms with Gasteiger partial charge in [-0.3, -0.25) is 0 Å². The third kappa shape index (κ3) is 5.67. The summed E-state index contributed by atoms with van der Waals surface area (Å²) >= 11 is 0. The first-order valence-electron chi connectivity index (χ1n) is 17.9. The van der Waals surface area contributed by atoms with Gasteiger partial charge in [0.15, 0.2) is 5.84 Å². The summed E-state index contributed by atoms with van der Waals surface area (Å²) in [6, 6.07) is 65.8. The molecule has 9 aromatic rings. The second-order valence-electron chi connectivity index (χ2n) is 13.4. The van der Waals surface area contributed by atoms with Gasteiger partial charge in [0.25, 0.3) is 0 Å². The molecule has 4 nitrogen and oxygen atoms in total. The van der Waals surface area contributed by atoms with Gasteiger partial charge in [0, 0.05) is 27.5 Å². The summed E-state index contributed by atoms with van der Waals surface area (Å²) in [5, 5.41) is 8.33. The first-order chi connectivity index (χ1) is 26.2. The number of nitrogens with one attached hydrogen (secondary N) is 1. The van der Waals surface area contributed by atoms with E-state index in [4.69, 9.17) is 14.4 Å². The predicted octanol–water partition coefficient (Wildman–Crippen LogP) is 12.2. The maximum atomic E-state index is 6.46. The lowest BCUT2D eigenvalue weighted by Gasteiger charge is -2.26. The van der Waals surface area contributed by atoms with Crippen LogP contribution in [0.1, 0.15) is 22.9 Å². The Morgan fingerprint density at radius 1 is 0.434 bits per heavy atom.